The van der Waals surface area contributed by atoms with E-state index in [1.807, 2.05) is 0 Å². The minimum atomic E-state index is -1.77. The van der Waals surface area contributed by atoms with Gasteiger partial charge in [-0.2, -0.15) is 0 Å². The van der Waals surface area contributed by atoms with E-state index in [0.717, 1.165) is 15.8 Å². The molecule has 0 radical (unpaired) electrons. The summed E-state index contributed by atoms with van der Waals surface area (Å²) < 4.78 is 0. The molecule has 1 aromatic heterocycles. The number of carboxylic acids is 1. The average Bonchev–Trinajstić information content (AvgIpc) is 3.91. The highest BCUT2D eigenvalue weighted by Gasteiger charge is 2.38. The molecule has 1 aliphatic rings. The molecule has 2 aromatic carbocycles. The number of rotatable bonds is 23. The number of para-hydroxylation sites is 1. The van der Waals surface area contributed by atoms with E-state index in [2.05, 4.69) is 36.9 Å². The number of H-pyrrole nitrogens is 1. The zero-order chi connectivity index (χ0) is 47.1. The Hall–Kier alpha value is -7.40. The number of fused-ring (bicyclic) bond motifs is 1. The van der Waals surface area contributed by atoms with Crippen molar-refractivity contribution in [3.8, 4) is 0 Å². The summed E-state index contributed by atoms with van der Waals surface area (Å²) in [6.07, 6.45) is 0.525. The van der Waals surface area contributed by atoms with Gasteiger partial charge in [0.05, 0.1) is 32.0 Å². The van der Waals surface area contributed by atoms with Gasteiger partial charge in [-0.15, -0.1) is 0 Å². The molecule has 23 heteroatoms. The number of aromatic amines is 1. The van der Waals surface area contributed by atoms with Crippen LogP contribution < -0.4 is 49.1 Å². The first-order chi connectivity index (χ1) is 30.4. The number of carbonyl (C=O) groups excluding carboxylic acids is 9. The standard InChI is InChI=1S/C41H53N11O12/c1-21(47-40(63)31-12-7-13-52(31)41(64)25(42)16-34(56)57)35(58)48-27(14-22-8-3-2-4-9-22)37(60)50-29(17-32(43)54)38(61)51-30(20-53)39(62)49-28(36(59)46-19-33(44)55)15-23-18-45-26-11-6-5-10-24(23)26/h2-6,8-11,18,21,25,27-31,45,53H,7,12-17,19-20,42H2,1H3,(H2,43,54)(H2,44,55)(H,46,59)(H,47,63)(H,48,58)(H,49,62)(H,50,60)(H,51,61)(H,56,57)/t21-,25-,27+,28-,29-,30-,31-/m0/s1. The van der Waals surface area contributed by atoms with Gasteiger partial charge in [0, 0.05) is 36.5 Å². The lowest BCUT2D eigenvalue weighted by Crippen LogP contribution is -2.61. The number of likely N-dealkylation sites (tertiary alicyclic amines) is 1. The van der Waals surface area contributed by atoms with E-state index in [-0.39, 0.29) is 25.8 Å². The molecule has 0 aliphatic carbocycles. The fourth-order valence-electron chi connectivity index (χ4n) is 6.97. The quantitative estimate of drug-likeness (QED) is 0.0429. The lowest BCUT2D eigenvalue weighted by molar-refractivity contribution is -0.144. The molecule has 23 nitrogen and oxygen atoms in total. The van der Waals surface area contributed by atoms with Gasteiger partial charge in [0.2, 0.25) is 53.2 Å². The number of hydrogen-bond donors (Lipinski definition) is 12. The van der Waals surface area contributed by atoms with Crippen molar-refractivity contribution in [2.24, 2.45) is 17.2 Å². The second kappa shape index (κ2) is 23.2. The Morgan fingerprint density at radius 3 is 1.98 bits per heavy atom. The Morgan fingerprint density at radius 2 is 1.33 bits per heavy atom. The molecule has 0 unspecified atom stereocenters. The van der Waals surface area contributed by atoms with Crippen LogP contribution in [-0.4, -0.2) is 141 Å². The number of hydrogen-bond acceptors (Lipinski definition) is 12. The number of nitrogens with zero attached hydrogens (tertiary/aromatic N) is 1. The summed E-state index contributed by atoms with van der Waals surface area (Å²) in [7, 11) is 0. The van der Waals surface area contributed by atoms with Crippen LogP contribution in [0.15, 0.2) is 60.8 Å². The van der Waals surface area contributed by atoms with Gasteiger partial charge in [-0.25, -0.2) is 0 Å². The third-order valence-corrected chi connectivity index (χ3v) is 10.2. The highest BCUT2D eigenvalue weighted by Crippen LogP contribution is 2.20. The van der Waals surface area contributed by atoms with Crippen molar-refractivity contribution in [2.45, 2.75) is 87.7 Å². The van der Waals surface area contributed by atoms with Gasteiger partial charge in [0.1, 0.15) is 36.3 Å². The molecule has 344 valence electrons. The molecule has 1 fully saturated rings. The van der Waals surface area contributed by atoms with Crippen molar-refractivity contribution in [3.05, 3.63) is 71.9 Å². The third kappa shape index (κ3) is 14.1. The van der Waals surface area contributed by atoms with Gasteiger partial charge in [-0.3, -0.25) is 47.9 Å². The van der Waals surface area contributed by atoms with Crippen LogP contribution in [-0.2, 0) is 60.8 Å². The second-order valence-corrected chi connectivity index (χ2v) is 15.2. The zero-order valence-electron chi connectivity index (χ0n) is 34.8. The molecule has 15 N–H and O–H groups in total. The van der Waals surface area contributed by atoms with Gasteiger partial charge < -0.3 is 69.2 Å². The van der Waals surface area contributed by atoms with Crippen LogP contribution in [0.5, 0.6) is 0 Å². The Kier molecular flexibility index (Phi) is 17.8. The fraction of sp³-hybridized carbons (Fsp3) is 0.415. The summed E-state index contributed by atoms with van der Waals surface area (Å²) in [4.78, 5) is 133. The SMILES string of the molecule is C[C@H](NC(=O)[C@@H]1CCCN1C(=O)[C@@H](N)CC(=O)O)C(=O)N[C@H](Cc1ccccc1)C(=O)N[C@@H](CC(N)=O)C(=O)N[C@@H](CO)C(=O)N[C@@H](Cc1c[nH]c2ccccc12)C(=O)NCC(N)=O. The Labute approximate surface area is 366 Å². The van der Waals surface area contributed by atoms with Crippen molar-refractivity contribution in [1.29, 1.82) is 0 Å². The number of aliphatic carboxylic acids is 1. The van der Waals surface area contributed by atoms with Gasteiger partial charge >= 0.3 is 5.97 Å². The summed E-state index contributed by atoms with van der Waals surface area (Å²) in [5.74, 6) is -9.56. The van der Waals surface area contributed by atoms with E-state index >= 15 is 0 Å². The number of aromatic nitrogens is 1. The number of nitrogens with two attached hydrogens (primary N) is 3. The van der Waals surface area contributed by atoms with Gasteiger partial charge in [0.25, 0.3) is 0 Å². The maximum Gasteiger partial charge on any atom is 0.305 e. The van der Waals surface area contributed by atoms with Crippen LogP contribution in [0.1, 0.15) is 43.7 Å². The molecule has 0 saturated carbocycles. The van der Waals surface area contributed by atoms with Crippen LogP contribution >= 0.6 is 0 Å². The van der Waals surface area contributed by atoms with E-state index in [1.54, 1.807) is 60.8 Å². The number of amides is 9. The van der Waals surface area contributed by atoms with Gasteiger partial charge in [-0.1, -0.05) is 48.5 Å². The van der Waals surface area contributed by atoms with Crippen molar-refractivity contribution < 1.29 is 58.2 Å². The first-order valence-electron chi connectivity index (χ1n) is 20.2. The van der Waals surface area contributed by atoms with E-state index in [9.17, 15) is 53.1 Å². The molecule has 1 saturated heterocycles. The summed E-state index contributed by atoms with van der Waals surface area (Å²) in [6.45, 7) is -0.120. The highest BCUT2D eigenvalue weighted by atomic mass is 16.4. The van der Waals surface area contributed by atoms with Crippen molar-refractivity contribution in [3.63, 3.8) is 0 Å². The maximum absolute atomic E-state index is 13.9. The van der Waals surface area contributed by atoms with E-state index in [0.29, 0.717) is 17.5 Å². The molecule has 1 aliphatic heterocycles. The number of carboxylic acid groups (broad SMARTS) is 1. The van der Waals surface area contributed by atoms with Crippen molar-refractivity contribution >= 4 is 70.0 Å². The minimum Gasteiger partial charge on any atom is -0.481 e. The predicted molar refractivity (Wildman–Crippen MR) is 226 cm³/mol. The zero-order valence-corrected chi connectivity index (χ0v) is 34.8. The summed E-state index contributed by atoms with van der Waals surface area (Å²) in [5, 5.41) is 34.4. The normalized spacial score (nSPS) is 16.2. The average molecular weight is 892 g/mol. The number of nitrogens with one attached hydrogen (secondary N) is 7. The molecular formula is C41H53N11O12. The van der Waals surface area contributed by atoms with Crippen LogP contribution in [0.25, 0.3) is 10.9 Å². The topological polar surface area (TPSA) is 380 Å². The lowest BCUT2D eigenvalue weighted by atomic mass is 10.0. The third-order valence-electron chi connectivity index (χ3n) is 10.2. The second-order valence-electron chi connectivity index (χ2n) is 15.2. The number of aliphatic hydroxyl groups excluding tert-OH is 1. The smallest absolute Gasteiger partial charge is 0.305 e. The Bertz CT molecular complexity index is 2220. The number of primary amides is 2. The molecule has 9 amide bonds. The monoisotopic (exact) mass is 891 g/mol. The van der Waals surface area contributed by atoms with E-state index in [1.165, 1.54) is 6.92 Å². The Morgan fingerprint density at radius 1 is 0.734 bits per heavy atom. The van der Waals surface area contributed by atoms with Crippen molar-refractivity contribution in [2.75, 3.05) is 19.7 Å². The molecule has 64 heavy (non-hydrogen) atoms. The first kappa shape index (κ1) is 49.3. The summed E-state index contributed by atoms with van der Waals surface area (Å²) in [6, 6.07) is 5.41. The van der Waals surface area contributed by atoms with Crippen LogP contribution in [0, 0.1) is 0 Å². The number of benzene rings is 2. The molecule has 0 bridgehead atoms. The van der Waals surface area contributed by atoms with Gasteiger partial charge in [0.15, 0.2) is 0 Å². The lowest BCUT2D eigenvalue weighted by Gasteiger charge is -2.28. The minimum absolute atomic E-state index is 0.106. The Balaban J connectivity index is 1.47. The summed E-state index contributed by atoms with van der Waals surface area (Å²) in [5.41, 5.74) is 18.2. The fourth-order valence-corrected chi connectivity index (χ4v) is 6.97. The molecule has 3 aromatic rings. The highest BCUT2D eigenvalue weighted by molar-refractivity contribution is 5.99. The van der Waals surface area contributed by atoms with Crippen LogP contribution in [0.3, 0.4) is 0 Å². The first-order valence-corrected chi connectivity index (χ1v) is 20.2. The maximum atomic E-state index is 13.9. The summed E-state index contributed by atoms with van der Waals surface area (Å²) >= 11 is 0. The molecule has 4 rings (SSSR count). The molecular weight excluding hydrogens is 839 g/mol. The van der Waals surface area contributed by atoms with Crippen LogP contribution in [0.4, 0.5) is 0 Å². The van der Waals surface area contributed by atoms with E-state index < -0.39 is 127 Å². The van der Waals surface area contributed by atoms with E-state index in [4.69, 9.17) is 22.3 Å². The largest absolute Gasteiger partial charge is 0.481 e. The predicted octanol–water partition coefficient (Wildman–Crippen LogP) is -4.34. The number of aliphatic hydroxyl groups is 1. The molecule has 0 spiro atoms. The van der Waals surface area contributed by atoms with Crippen LogP contribution in [0.2, 0.25) is 0 Å². The molecule has 7 atom stereocenters. The number of carbonyl (C=O) groups is 10. The van der Waals surface area contributed by atoms with Crippen molar-refractivity contribution in [1.82, 2.24) is 41.8 Å². The van der Waals surface area contributed by atoms with Gasteiger partial charge in [-0.05, 0) is 37.0 Å². The molecule has 2 heterocycles.